The van der Waals surface area contributed by atoms with Gasteiger partial charge in [0.05, 0.1) is 0 Å². The predicted octanol–water partition coefficient (Wildman–Crippen LogP) is 4.71. The SMILES string of the molecule is Bc1ccc(N(c2ccc(F)cc2)c2ccc3ccccc3c2)cc1. The van der Waals surface area contributed by atoms with E-state index in [0.717, 1.165) is 17.1 Å². The number of rotatable bonds is 3. The van der Waals surface area contributed by atoms with Crippen LogP contribution in [0.1, 0.15) is 0 Å². The zero-order valence-corrected chi connectivity index (χ0v) is 14.0. The Morgan fingerprint density at radius 2 is 1.16 bits per heavy atom. The number of hydrogen-bond acceptors (Lipinski definition) is 1. The van der Waals surface area contributed by atoms with E-state index in [1.165, 1.54) is 28.4 Å². The van der Waals surface area contributed by atoms with E-state index in [-0.39, 0.29) is 5.82 Å². The second-order valence-corrected chi connectivity index (χ2v) is 6.18. The first-order valence-corrected chi connectivity index (χ1v) is 8.32. The molecule has 0 aliphatic carbocycles. The molecule has 0 heterocycles. The summed E-state index contributed by atoms with van der Waals surface area (Å²) >= 11 is 0. The van der Waals surface area contributed by atoms with Gasteiger partial charge in [0.25, 0.3) is 0 Å². The maximum Gasteiger partial charge on any atom is 0.139 e. The van der Waals surface area contributed by atoms with Crippen LogP contribution >= 0.6 is 0 Å². The van der Waals surface area contributed by atoms with Gasteiger partial charge < -0.3 is 4.90 Å². The minimum Gasteiger partial charge on any atom is -0.310 e. The first-order chi connectivity index (χ1) is 12.2. The zero-order valence-electron chi connectivity index (χ0n) is 14.0. The van der Waals surface area contributed by atoms with Crippen molar-refractivity contribution in [2.75, 3.05) is 4.90 Å². The molecule has 0 aliphatic heterocycles. The van der Waals surface area contributed by atoms with Crippen molar-refractivity contribution in [2.24, 2.45) is 0 Å². The van der Waals surface area contributed by atoms with Crippen LogP contribution in [0.15, 0.2) is 91.0 Å². The second kappa shape index (κ2) is 6.44. The van der Waals surface area contributed by atoms with Gasteiger partial charge in [-0.05, 0) is 59.3 Å². The third kappa shape index (κ3) is 3.13. The summed E-state index contributed by atoms with van der Waals surface area (Å²) in [6, 6.07) is 29.7. The van der Waals surface area contributed by atoms with Gasteiger partial charge in [-0.1, -0.05) is 47.9 Å². The first-order valence-electron chi connectivity index (χ1n) is 8.32. The van der Waals surface area contributed by atoms with E-state index in [0.29, 0.717) is 0 Å². The average molecular weight is 325 g/mol. The smallest absolute Gasteiger partial charge is 0.139 e. The number of nitrogens with zero attached hydrogens (tertiary/aromatic N) is 1. The molecule has 0 aromatic heterocycles. The molecule has 4 aromatic carbocycles. The topological polar surface area (TPSA) is 3.24 Å². The fourth-order valence-corrected chi connectivity index (χ4v) is 3.05. The molecule has 0 radical (unpaired) electrons. The Hall–Kier alpha value is -3.07. The molecule has 1 nitrogen and oxygen atoms in total. The third-order valence-electron chi connectivity index (χ3n) is 4.37. The van der Waals surface area contributed by atoms with Gasteiger partial charge in [-0.2, -0.15) is 0 Å². The first kappa shape index (κ1) is 15.5. The van der Waals surface area contributed by atoms with Gasteiger partial charge in [0.1, 0.15) is 13.7 Å². The normalized spacial score (nSPS) is 10.8. The molecule has 0 aliphatic rings. The van der Waals surface area contributed by atoms with Crippen LogP contribution in [0.2, 0.25) is 0 Å². The zero-order chi connectivity index (χ0) is 17.2. The van der Waals surface area contributed by atoms with Crippen LogP contribution in [-0.2, 0) is 0 Å². The molecule has 4 rings (SSSR count). The largest absolute Gasteiger partial charge is 0.310 e. The van der Waals surface area contributed by atoms with Crippen LogP contribution in [0, 0.1) is 5.82 Å². The van der Waals surface area contributed by atoms with Crippen molar-refractivity contribution in [1.29, 1.82) is 0 Å². The Labute approximate surface area is 147 Å². The fraction of sp³-hybridized carbons (Fsp3) is 0. The van der Waals surface area contributed by atoms with Crippen molar-refractivity contribution in [3.05, 3.63) is 96.8 Å². The Morgan fingerprint density at radius 1 is 0.600 bits per heavy atom. The molecule has 0 spiro atoms. The molecule has 0 amide bonds. The van der Waals surface area contributed by atoms with Crippen molar-refractivity contribution < 1.29 is 4.39 Å². The highest BCUT2D eigenvalue weighted by atomic mass is 19.1. The van der Waals surface area contributed by atoms with Crippen molar-refractivity contribution in [3.8, 4) is 0 Å². The monoisotopic (exact) mass is 325 g/mol. The highest BCUT2D eigenvalue weighted by Gasteiger charge is 2.12. The Kier molecular flexibility index (Phi) is 3.98. The molecule has 0 saturated heterocycles. The summed E-state index contributed by atoms with van der Waals surface area (Å²) in [6.07, 6.45) is 0. The van der Waals surface area contributed by atoms with Gasteiger partial charge in [0.15, 0.2) is 0 Å². The molecule has 0 saturated carbocycles. The van der Waals surface area contributed by atoms with Gasteiger partial charge in [-0.15, -0.1) is 0 Å². The van der Waals surface area contributed by atoms with Crippen LogP contribution in [0.4, 0.5) is 21.5 Å². The molecule has 0 atom stereocenters. The minimum atomic E-state index is -0.230. The van der Waals surface area contributed by atoms with Crippen LogP contribution in [-0.4, -0.2) is 7.85 Å². The number of benzene rings is 4. The van der Waals surface area contributed by atoms with Crippen molar-refractivity contribution >= 4 is 41.1 Å². The van der Waals surface area contributed by atoms with Crippen LogP contribution in [0.5, 0.6) is 0 Å². The summed E-state index contributed by atoms with van der Waals surface area (Å²) < 4.78 is 13.4. The molecule has 0 bridgehead atoms. The molecular formula is C22H17BFN. The lowest BCUT2D eigenvalue weighted by atomic mass is 9.96. The summed E-state index contributed by atoms with van der Waals surface area (Å²) in [7, 11) is 2.07. The summed E-state index contributed by atoms with van der Waals surface area (Å²) in [5, 5.41) is 2.38. The standard InChI is InChI=1S/C22H17BFN/c23-18-6-11-20(12-7-18)25(21-13-8-19(24)9-14-21)22-10-5-16-3-1-2-4-17(16)15-22/h1-15H,23H2. The highest BCUT2D eigenvalue weighted by Crippen LogP contribution is 2.35. The van der Waals surface area contributed by atoms with E-state index in [4.69, 9.17) is 0 Å². The minimum absolute atomic E-state index is 0.230. The lowest BCUT2D eigenvalue weighted by Crippen LogP contribution is -2.11. The van der Waals surface area contributed by atoms with Crippen LogP contribution in [0.3, 0.4) is 0 Å². The molecule has 25 heavy (non-hydrogen) atoms. The molecule has 0 fully saturated rings. The Balaban J connectivity index is 1.88. The molecule has 3 heteroatoms. The fourth-order valence-electron chi connectivity index (χ4n) is 3.05. The summed E-state index contributed by atoms with van der Waals surface area (Å²) in [5.74, 6) is -0.230. The molecule has 120 valence electrons. The van der Waals surface area contributed by atoms with Gasteiger partial charge in [0, 0.05) is 17.1 Å². The molecule has 4 aromatic rings. The Bertz CT molecular complexity index is 965. The number of anilines is 3. The van der Waals surface area contributed by atoms with Crippen LogP contribution < -0.4 is 10.4 Å². The van der Waals surface area contributed by atoms with Gasteiger partial charge >= 0.3 is 0 Å². The highest BCUT2D eigenvalue weighted by molar-refractivity contribution is 6.32. The van der Waals surface area contributed by atoms with E-state index in [2.05, 4.69) is 67.3 Å². The summed E-state index contributed by atoms with van der Waals surface area (Å²) in [4.78, 5) is 2.14. The molecule has 0 N–H and O–H groups in total. The number of fused-ring (bicyclic) bond motifs is 1. The predicted molar refractivity (Wildman–Crippen MR) is 107 cm³/mol. The number of hydrogen-bond donors (Lipinski definition) is 0. The molecule has 0 unspecified atom stereocenters. The van der Waals surface area contributed by atoms with Crippen LogP contribution in [0.25, 0.3) is 10.8 Å². The number of halogens is 1. The Morgan fingerprint density at radius 3 is 1.84 bits per heavy atom. The van der Waals surface area contributed by atoms with Crippen molar-refractivity contribution in [1.82, 2.24) is 0 Å². The lowest BCUT2D eigenvalue weighted by Gasteiger charge is -2.26. The van der Waals surface area contributed by atoms with Gasteiger partial charge in [0.2, 0.25) is 0 Å². The van der Waals surface area contributed by atoms with Gasteiger partial charge in [-0.25, -0.2) is 4.39 Å². The maximum absolute atomic E-state index is 13.4. The quantitative estimate of drug-likeness (QED) is 0.493. The van der Waals surface area contributed by atoms with Gasteiger partial charge in [-0.3, -0.25) is 0 Å². The van der Waals surface area contributed by atoms with E-state index >= 15 is 0 Å². The maximum atomic E-state index is 13.4. The summed E-state index contributed by atoms with van der Waals surface area (Å²) in [5.41, 5.74) is 4.24. The third-order valence-corrected chi connectivity index (χ3v) is 4.37. The second-order valence-electron chi connectivity index (χ2n) is 6.18. The van der Waals surface area contributed by atoms with Crippen molar-refractivity contribution in [3.63, 3.8) is 0 Å². The summed E-state index contributed by atoms with van der Waals surface area (Å²) in [6.45, 7) is 0. The van der Waals surface area contributed by atoms with Crippen molar-refractivity contribution in [2.45, 2.75) is 0 Å². The van der Waals surface area contributed by atoms with E-state index in [1.807, 2.05) is 24.3 Å². The average Bonchev–Trinajstić information content (AvgIpc) is 2.65. The van der Waals surface area contributed by atoms with E-state index < -0.39 is 0 Å². The van der Waals surface area contributed by atoms with E-state index in [9.17, 15) is 4.39 Å². The van der Waals surface area contributed by atoms with E-state index in [1.54, 1.807) is 0 Å². The lowest BCUT2D eigenvalue weighted by molar-refractivity contribution is 0.628. The molecular weight excluding hydrogens is 308 g/mol.